The lowest BCUT2D eigenvalue weighted by molar-refractivity contribution is -0.275. The highest BCUT2D eigenvalue weighted by molar-refractivity contribution is 6.35. The number of carbonyl (C=O) groups is 3. The summed E-state index contributed by atoms with van der Waals surface area (Å²) in [6.45, 7) is -0.989. The van der Waals surface area contributed by atoms with Crippen LogP contribution in [0.2, 0.25) is 10.0 Å². The molecule has 43 heavy (non-hydrogen) atoms. The van der Waals surface area contributed by atoms with Crippen molar-refractivity contribution in [3.8, 4) is 0 Å². The standard InChI is InChI=1S/C26H19Cl2F7N2O6/c1-12-6-13(18-9-24(43-37-18,26(33,34)35)14-7-16(27)19(29)17(28)8-14)2-3-15(12)20(38)36-22(40)42-10-23(4-5-23)21(39)41-11-25(30,31)32/h2-3,6-8H,4-5,9-11H2,1H3,(H,36,38,40). The predicted octanol–water partition coefficient (Wildman–Crippen LogP) is 6.78. The maximum atomic E-state index is 14.2. The highest BCUT2D eigenvalue weighted by atomic mass is 35.5. The van der Waals surface area contributed by atoms with Gasteiger partial charge in [0.2, 0.25) is 0 Å². The van der Waals surface area contributed by atoms with E-state index in [0.717, 1.165) is 12.1 Å². The fraction of sp³-hybridized carbons (Fsp3) is 0.385. The molecule has 1 atom stereocenters. The van der Waals surface area contributed by atoms with Crippen molar-refractivity contribution < 1.29 is 59.4 Å². The van der Waals surface area contributed by atoms with Crippen molar-refractivity contribution in [2.24, 2.45) is 10.6 Å². The number of halogens is 9. The van der Waals surface area contributed by atoms with Gasteiger partial charge in [-0.15, -0.1) is 0 Å². The molecule has 17 heteroatoms. The number of imide groups is 1. The van der Waals surface area contributed by atoms with E-state index in [-0.39, 0.29) is 35.2 Å². The molecule has 0 spiro atoms. The molecule has 1 N–H and O–H groups in total. The molecule has 0 saturated heterocycles. The van der Waals surface area contributed by atoms with Gasteiger partial charge in [-0.1, -0.05) is 34.4 Å². The molecule has 232 valence electrons. The molecule has 1 heterocycles. The van der Waals surface area contributed by atoms with Gasteiger partial charge >= 0.3 is 24.4 Å². The number of benzene rings is 2. The first-order valence-corrected chi connectivity index (χ1v) is 12.9. The number of oxime groups is 1. The van der Waals surface area contributed by atoms with Crippen LogP contribution < -0.4 is 5.32 Å². The molecule has 2 amide bonds. The summed E-state index contributed by atoms with van der Waals surface area (Å²) >= 11 is 11.4. The Bertz CT molecular complexity index is 1480. The van der Waals surface area contributed by atoms with E-state index >= 15 is 0 Å². The number of nitrogens with zero attached hydrogens (tertiary/aromatic N) is 1. The SMILES string of the molecule is Cc1cc(C2=NOC(c3cc(Cl)c(F)c(Cl)c3)(C(F)(F)F)C2)ccc1C(=O)NC(=O)OCC1(C(=O)OCC(F)(F)F)CC1. The average molecular weight is 659 g/mol. The van der Waals surface area contributed by atoms with Gasteiger partial charge in [0.15, 0.2) is 12.4 Å². The van der Waals surface area contributed by atoms with Gasteiger partial charge in [0.1, 0.15) is 12.0 Å². The van der Waals surface area contributed by atoms with Gasteiger partial charge in [0.05, 0.1) is 15.8 Å². The number of alkyl halides is 6. The van der Waals surface area contributed by atoms with E-state index in [4.69, 9.17) is 32.8 Å². The fourth-order valence-electron chi connectivity index (χ4n) is 4.20. The number of amides is 2. The second-order valence-corrected chi connectivity index (χ2v) is 10.7. The van der Waals surface area contributed by atoms with Crippen molar-refractivity contribution in [3.63, 3.8) is 0 Å². The van der Waals surface area contributed by atoms with Crippen LogP contribution in [0.4, 0.5) is 35.5 Å². The summed E-state index contributed by atoms with van der Waals surface area (Å²) in [7, 11) is 0. The Labute approximate surface area is 248 Å². The van der Waals surface area contributed by atoms with E-state index < -0.39 is 82.4 Å². The van der Waals surface area contributed by atoms with Crippen molar-refractivity contribution in [2.45, 2.75) is 44.1 Å². The predicted molar refractivity (Wildman–Crippen MR) is 135 cm³/mol. The van der Waals surface area contributed by atoms with E-state index in [1.807, 2.05) is 5.32 Å². The van der Waals surface area contributed by atoms with E-state index in [1.54, 1.807) is 0 Å². The zero-order chi connectivity index (χ0) is 32.0. The van der Waals surface area contributed by atoms with E-state index in [2.05, 4.69) is 9.89 Å². The Morgan fingerprint density at radius 3 is 2.19 bits per heavy atom. The van der Waals surface area contributed by atoms with E-state index in [9.17, 15) is 45.1 Å². The normalized spacial score (nSPS) is 19.3. The van der Waals surface area contributed by atoms with Crippen LogP contribution in [0.3, 0.4) is 0 Å². The third-order valence-corrected chi connectivity index (χ3v) is 7.34. The highest BCUT2D eigenvalue weighted by Crippen LogP contribution is 2.50. The first-order chi connectivity index (χ1) is 19.9. The van der Waals surface area contributed by atoms with Gasteiger partial charge in [0, 0.05) is 17.5 Å². The summed E-state index contributed by atoms with van der Waals surface area (Å²) in [4.78, 5) is 41.6. The second-order valence-electron chi connectivity index (χ2n) is 9.92. The van der Waals surface area contributed by atoms with Crippen LogP contribution in [0.5, 0.6) is 0 Å². The zero-order valence-corrected chi connectivity index (χ0v) is 23.2. The quantitative estimate of drug-likeness (QED) is 0.200. The molecule has 2 aliphatic rings. The second kappa shape index (κ2) is 11.5. The Morgan fingerprint density at radius 1 is 1.02 bits per heavy atom. The lowest BCUT2D eigenvalue weighted by Crippen LogP contribution is -2.42. The van der Waals surface area contributed by atoms with Crippen LogP contribution in [-0.2, 0) is 24.7 Å². The van der Waals surface area contributed by atoms with Crippen LogP contribution in [0.25, 0.3) is 0 Å². The summed E-state index contributed by atoms with van der Waals surface area (Å²) in [6, 6.07) is 5.25. The number of carbonyl (C=O) groups excluding carboxylic acids is 3. The number of alkyl carbamates (subject to hydrolysis) is 1. The number of ether oxygens (including phenoxy) is 2. The van der Waals surface area contributed by atoms with Crippen molar-refractivity contribution in [2.75, 3.05) is 13.2 Å². The molecular formula is C26H19Cl2F7N2O6. The number of hydrogen-bond acceptors (Lipinski definition) is 7. The van der Waals surface area contributed by atoms with Crippen LogP contribution in [0.1, 0.15) is 46.3 Å². The molecule has 1 aliphatic carbocycles. The molecule has 1 unspecified atom stereocenters. The van der Waals surface area contributed by atoms with Crippen molar-refractivity contribution >= 4 is 46.9 Å². The lowest BCUT2D eigenvalue weighted by atomic mass is 9.86. The maximum absolute atomic E-state index is 14.2. The minimum atomic E-state index is -5.04. The fourth-order valence-corrected chi connectivity index (χ4v) is 4.69. The van der Waals surface area contributed by atoms with Gasteiger partial charge in [-0.3, -0.25) is 14.9 Å². The van der Waals surface area contributed by atoms with Crippen LogP contribution in [-0.4, -0.2) is 49.2 Å². The van der Waals surface area contributed by atoms with Gasteiger partial charge in [0.25, 0.3) is 11.5 Å². The van der Waals surface area contributed by atoms with E-state index in [0.29, 0.717) is 0 Å². The first-order valence-electron chi connectivity index (χ1n) is 12.2. The largest absolute Gasteiger partial charge is 0.456 e. The molecule has 0 radical (unpaired) electrons. The van der Waals surface area contributed by atoms with Crippen LogP contribution >= 0.6 is 23.2 Å². The average Bonchev–Trinajstić information content (AvgIpc) is 3.56. The monoisotopic (exact) mass is 658 g/mol. The third-order valence-electron chi connectivity index (χ3n) is 6.79. The van der Waals surface area contributed by atoms with Crippen molar-refractivity contribution in [1.82, 2.24) is 5.32 Å². The summed E-state index contributed by atoms with van der Waals surface area (Å²) in [5, 5.41) is 4.18. The van der Waals surface area contributed by atoms with Gasteiger partial charge in [-0.2, -0.15) is 26.3 Å². The Kier molecular flexibility index (Phi) is 8.64. The van der Waals surface area contributed by atoms with Crippen molar-refractivity contribution in [1.29, 1.82) is 0 Å². The molecule has 2 aromatic carbocycles. The van der Waals surface area contributed by atoms with Gasteiger partial charge in [-0.05, 0) is 55.2 Å². The van der Waals surface area contributed by atoms with Gasteiger partial charge < -0.3 is 14.3 Å². The summed E-state index contributed by atoms with van der Waals surface area (Å²) < 4.78 is 103. The number of rotatable bonds is 7. The van der Waals surface area contributed by atoms with E-state index in [1.165, 1.54) is 25.1 Å². The Morgan fingerprint density at radius 2 is 1.65 bits per heavy atom. The third kappa shape index (κ3) is 6.82. The summed E-state index contributed by atoms with van der Waals surface area (Å²) in [6.07, 6.45) is -11.7. The minimum absolute atomic E-state index is 0.0786. The van der Waals surface area contributed by atoms with Crippen LogP contribution in [0, 0.1) is 18.2 Å². The molecule has 8 nitrogen and oxygen atoms in total. The number of aryl methyl sites for hydroxylation is 1. The first kappa shape index (κ1) is 32.3. The smallest absolute Gasteiger partial charge is 0.435 e. The molecule has 4 rings (SSSR count). The number of nitrogens with one attached hydrogen (secondary N) is 1. The molecular weight excluding hydrogens is 640 g/mol. The summed E-state index contributed by atoms with van der Waals surface area (Å²) in [5.74, 6) is -3.26. The van der Waals surface area contributed by atoms with Crippen molar-refractivity contribution in [3.05, 3.63) is 68.4 Å². The summed E-state index contributed by atoms with van der Waals surface area (Å²) in [5.41, 5.74) is -4.95. The molecule has 0 bridgehead atoms. The highest BCUT2D eigenvalue weighted by Gasteiger charge is 2.62. The lowest BCUT2D eigenvalue weighted by Gasteiger charge is -2.29. The topological polar surface area (TPSA) is 103 Å². The number of hydrogen-bond donors (Lipinski definition) is 1. The zero-order valence-electron chi connectivity index (χ0n) is 21.7. The molecule has 2 aromatic rings. The maximum Gasteiger partial charge on any atom is 0.435 e. The minimum Gasteiger partial charge on any atom is -0.456 e. The Balaban J connectivity index is 1.41. The number of esters is 1. The Hall–Kier alpha value is -3.59. The van der Waals surface area contributed by atoms with Gasteiger partial charge in [-0.25, -0.2) is 9.18 Å². The molecule has 0 aromatic heterocycles. The molecule has 1 fully saturated rings. The van der Waals surface area contributed by atoms with Crippen LogP contribution in [0.15, 0.2) is 35.5 Å². The molecule has 1 aliphatic heterocycles. The molecule has 1 saturated carbocycles.